The molecule has 2 atom stereocenters. The van der Waals surface area contributed by atoms with Gasteiger partial charge >= 0.3 is 0 Å². The summed E-state index contributed by atoms with van der Waals surface area (Å²) in [6.07, 6.45) is 0.141. The van der Waals surface area contributed by atoms with Gasteiger partial charge in [-0.25, -0.2) is 4.39 Å². The molecule has 0 aromatic heterocycles. The van der Waals surface area contributed by atoms with Crippen molar-refractivity contribution in [1.29, 1.82) is 0 Å². The Balaban J connectivity index is 2.76. The molecule has 2 unspecified atom stereocenters. The minimum absolute atomic E-state index is 0.147. The van der Waals surface area contributed by atoms with Crippen molar-refractivity contribution in [1.82, 2.24) is 0 Å². The Morgan fingerprint density at radius 1 is 1.39 bits per heavy atom. The molecule has 4 heteroatoms. The fourth-order valence-electron chi connectivity index (χ4n) is 1.82. The van der Waals surface area contributed by atoms with Gasteiger partial charge in [-0.1, -0.05) is 19.9 Å². The van der Waals surface area contributed by atoms with Crippen molar-refractivity contribution in [3.63, 3.8) is 0 Å². The van der Waals surface area contributed by atoms with E-state index in [2.05, 4.69) is 0 Å². The van der Waals surface area contributed by atoms with Crippen molar-refractivity contribution < 1.29 is 14.2 Å². The summed E-state index contributed by atoms with van der Waals surface area (Å²) in [6.45, 7) is 5.72. The van der Waals surface area contributed by atoms with Gasteiger partial charge in [0.15, 0.2) is 11.6 Å². The SMILES string of the molecule is Cc1ccc(F)c(OC(CO)C(N)CC(C)C)c1. The molecule has 3 nitrogen and oxygen atoms in total. The van der Waals surface area contributed by atoms with Crippen LogP contribution in [0.4, 0.5) is 4.39 Å². The van der Waals surface area contributed by atoms with Gasteiger partial charge < -0.3 is 15.6 Å². The van der Waals surface area contributed by atoms with Crippen molar-refractivity contribution in [2.45, 2.75) is 39.3 Å². The van der Waals surface area contributed by atoms with E-state index in [1.807, 2.05) is 20.8 Å². The minimum atomic E-state index is -0.580. The van der Waals surface area contributed by atoms with E-state index in [1.165, 1.54) is 6.07 Å². The third-order valence-electron chi connectivity index (χ3n) is 2.77. The lowest BCUT2D eigenvalue weighted by Crippen LogP contribution is -2.42. The quantitative estimate of drug-likeness (QED) is 0.819. The first-order valence-electron chi connectivity index (χ1n) is 6.23. The summed E-state index contributed by atoms with van der Waals surface area (Å²) in [5, 5.41) is 9.30. The van der Waals surface area contributed by atoms with Gasteiger partial charge in [-0.2, -0.15) is 0 Å². The zero-order valence-electron chi connectivity index (χ0n) is 11.2. The fourth-order valence-corrected chi connectivity index (χ4v) is 1.82. The molecule has 0 aliphatic carbocycles. The van der Waals surface area contributed by atoms with E-state index in [0.717, 1.165) is 12.0 Å². The van der Waals surface area contributed by atoms with Gasteiger partial charge in [0.1, 0.15) is 6.10 Å². The molecule has 0 saturated heterocycles. The summed E-state index contributed by atoms with van der Waals surface area (Å²) < 4.78 is 19.0. The molecule has 102 valence electrons. The Labute approximate surface area is 108 Å². The van der Waals surface area contributed by atoms with Crippen LogP contribution in [0, 0.1) is 18.7 Å². The number of hydrogen-bond donors (Lipinski definition) is 2. The highest BCUT2D eigenvalue weighted by molar-refractivity contribution is 5.29. The minimum Gasteiger partial charge on any atom is -0.483 e. The Hall–Kier alpha value is -1.13. The fraction of sp³-hybridized carbons (Fsp3) is 0.571. The maximum absolute atomic E-state index is 13.5. The topological polar surface area (TPSA) is 55.5 Å². The molecule has 0 radical (unpaired) electrons. The average Bonchev–Trinajstić information content (AvgIpc) is 2.29. The molecule has 0 amide bonds. The maximum Gasteiger partial charge on any atom is 0.165 e. The number of halogens is 1. The summed E-state index contributed by atoms with van der Waals surface area (Å²) >= 11 is 0. The molecule has 1 rings (SSSR count). The molecular weight excluding hydrogens is 233 g/mol. The van der Waals surface area contributed by atoms with Crippen LogP contribution in [0.2, 0.25) is 0 Å². The highest BCUT2D eigenvalue weighted by Gasteiger charge is 2.21. The summed E-state index contributed by atoms with van der Waals surface area (Å²) in [4.78, 5) is 0. The van der Waals surface area contributed by atoms with Crippen LogP contribution in [-0.2, 0) is 0 Å². The first-order chi connectivity index (χ1) is 8.43. The Bertz CT molecular complexity index is 382. The molecule has 0 saturated carbocycles. The van der Waals surface area contributed by atoms with Gasteiger partial charge in [0.25, 0.3) is 0 Å². The van der Waals surface area contributed by atoms with Crippen molar-refractivity contribution >= 4 is 0 Å². The summed E-state index contributed by atoms with van der Waals surface area (Å²) in [6, 6.07) is 4.33. The normalized spacial score (nSPS) is 14.6. The van der Waals surface area contributed by atoms with E-state index in [9.17, 15) is 9.50 Å². The van der Waals surface area contributed by atoms with Gasteiger partial charge in [0.2, 0.25) is 0 Å². The van der Waals surface area contributed by atoms with E-state index in [0.29, 0.717) is 5.92 Å². The molecule has 3 N–H and O–H groups in total. The van der Waals surface area contributed by atoms with Gasteiger partial charge in [-0.05, 0) is 37.0 Å². The van der Waals surface area contributed by atoms with Crippen LogP contribution in [0.25, 0.3) is 0 Å². The third kappa shape index (κ3) is 4.27. The second kappa shape index (κ2) is 6.71. The molecule has 1 aromatic carbocycles. The van der Waals surface area contributed by atoms with Crippen LogP contribution in [0.15, 0.2) is 18.2 Å². The van der Waals surface area contributed by atoms with E-state index in [1.54, 1.807) is 12.1 Å². The molecule has 18 heavy (non-hydrogen) atoms. The average molecular weight is 255 g/mol. The zero-order chi connectivity index (χ0) is 13.7. The number of hydrogen-bond acceptors (Lipinski definition) is 3. The predicted octanol–water partition coefficient (Wildman–Crippen LogP) is 2.25. The van der Waals surface area contributed by atoms with Crippen LogP contribution in [0.3, 0.4) is 0 Å². The Morgan fingerprint density at radius 2 is 2.06 bits per heavy atom. The monoisotopic (exact) mass is 255 g/mol. The van der Waals surface area contributed by atoms with Crippen LogP contribution >= 0.6 is 0 Å². The molecule has 0 aliphatic heterocycles. The molecule has 0 heterocycles. The number of ether oxygens (including phenoxy) is 1. The van der Waals surface area contributed by atoms with Crippen molar-refractivity contribution in [3.8, 4) is 5.75 Å². The molecule has 0 aliphatic rings. The molecule has 1 aromatic rings. The molecule has 0 bridgehead atoms. The van der Waals surface area contributed by atoms with Crippen molar-refractivity contribution in [2.24, 2.45) is 11.7 Å². The zero-order valence-corrected chi connectivity index (χ0v) is 11.2. The predicted molar refractivity (Wildman–Crippen MR) is 70.1 cm³/mol. The van der Waals surface area contributed by atoms with Crippen LogP contribution < -0.4 is 10.5 Å². The number of nitrogens with two attached hydrogens (primary N) is 1. The van der Waals surface area contributed by atoms with Crippen molar-refractivity contribution in [2.75, 3.05) is 6.61 Å². The Kier molecular flexibility index (Phi) is 5.56. The lowest BCUT2D eigenvalue weighted by molar-refractivity contribution is 0.0846. The lowest BCUT2D eigenvalue weighted by atomic mass is 10.0. The Morgan fingerprint density at radius 3 is 2.61 bits per heavy atom. The smallest absolute Gasteiger partial charge is 0.165 e. The first kappa shape index (κ1) is 14.9. The summed E-state index contributed by atoms with van der Waals surface area (Å²) in [5.74, 6) is 0.115. The number of aliphatic hydroxyl groups excluding tert-OH is 1. The van der Waals surface area contributed by atoms with Crippen molar-refractivity contribution in [3.05, 3.63) is 29.6 Å². The molecule has 0 spiro atoms. The number of rotatable bonds is 6. The molecule has 0 fully saturated rings. The lowest BCUT2D eigenvalue weighted by Gasteiger charge is -2.25. The number of benzene rings is 1. The van der Waals surface area contributed by atoms with Crippen LogP contribution in [0.5, 0.6) is 5.75 Å². The maximum atomic E-state index is 13.5. The second-order valence-corrected chi connectivity index (χ2v) is 5.07. The van der Waals surface area contributed by atoms with E-state index in [4.69, 9.17) is 10.5 Å². The van der Waals surface area contributed by atoms with E-state index < -0.39 is 11.9 Å². The number of aryl methyl sites for hydroxylation is 1. The molecular formula is C14H22FNO2. The van der Waals surface area contributed by atoms with E-state index in [-0.39, 0.29) is 18.4 Å². The second-order valence-electron chi connectivity index (χ2n) is 5.07. The van der Waals surface area contributed by atoms with Gasteiger partial charge in [-0.15, -0.1) is 0 Å². The highest BCUT2D eigenvalue weighted by atomic mass is 19.1. The largest absolute Gasteiger partial charge is 0.483 e. The van der Waals surface area contributed by atoms with Gasteiger partial charge in [-0.3, -0.25) is 0 Å². The summed E-state index contributed by atoms with van der Waals surface area (Å²) in [5.41, 5.74) is 6.86. The van der Waals surface area contributed by atoms with Crippen LogP contribution in [-0.4, -0.2) is 23.9 Å². The number of aliphatic hydroxyl groups is 1. The summed E-state index contributed by atoms with van der Waals surface area (Å²) in [7, 11) is 0. The highest BCUT2D eigenvalue weighted by Crippen LogP contribution is 2.21. The van der Waals surface area contributed by atoms with E-state index >= 15 is 0 Å². The van der Waals surface area contributed by atoms with Gasteiger partial charge in [0, 0.05) is 6.04 Å². The third-order valence-corrected chi connectivity index (χ3v) is 2.77. The standard InChI is InChI=1S/C14H22FNO2/c1-9(2)6-12(16)14(8-17)18-13-7-10(3)4-5-11(13)15/h4-5,7,9,12,14,17H,6,8,16H2,1-3H3. The van der Waals surface area contributed by atoms with Crippen LogP contribution in [0.1, 0.15) is 25.8 Å². The first-order valence-corrected chi connectivity index (χ1v) is 6.23. The van der Waals surface area contributed by atoms with Gasteiger partial charge in [0.05, 0.1) is 6.61 Å².